The molecule has 5 atom stereocenters. The number of carbonyl (C=O) groups is 3. The van der Waals surface area contributed by atoms with E-state index in [1.165, 1.54) is 32.2 Å². The van der Waals surface area contributed by atoms with Crippen molar-refractivity contribution in [2.45, 2.75) is 52.8 Å². The van der Waals surface area contributed by atoms with Crippen LogP contribution >= 0.6 is 0 Å². The Balaban J connectivity index is 2.31. The van der Waals surface area contributed by atoms with Crippen LogP contribution in [0.2, 0.25) is 0 Å². The van der Waals surface area contributed by atoms with Crippen molar-refractivity contribution < 1.29 is 43.0 Å². The molecule has 0 bridgehead atoms. The number of benzene rings is 1. The van der Waals surface area contributed by atoms with Gasteiger partial charge < -0.3 is 29.0 Å². The number of nitrogens with zero attached hydrogens (tertiary/aromatic N) is 1. The molecule has 0 radical (unpaired) electrons. The van der Waals surface area contributed by atoms with E-state index in [9.17, 15) is 24.5 Å². The van der Waals surface area contributed by atoms with Crippen molar-refractivity contribution in [1.29, 1.82) is 0 Å². The van der Waals surface area contributed by atoms with Crippen LogP contribution in [0.3, 0.4) is 0 Å². The summed E-state index contributed by atoms with van der Waals surface area (Å²) in [6, 6.07) is 4.00. The first kappa shape index (κ1) is 25.8. The summed E-state index contributed by atoms with van der Waals surface area (Å²) in [7, 11) is 1.21. The fraction of sp³-hybridized carbons (Fsp3) is 0.571. The molecule has 0 aliphatic carbocycles. The Bertz CT molecular complexity index is 890. The minimum Gasteiger partial charge on any atom is -0.467 e. The van der Waals surface area contributed by atoms with Gasteiger partial charge in [0, 0.05) is 25.5 Å². The largest absolute Gasteiger partial charge is 0.467 e. The molecule has 0 aromatic heterocycles. The van der Waals surface area contributed by atoms with Crippen LogP contribution in [0.1, 0.15) is 33.3 Å². The Morgan fingerprint density at radius 3 is 2.48 bits per heavy atom. The molecule has 1 aliphatic rings. The lowest BCUT2D eigenvalue weighted by atomic mass is 9.83. The average molecular weight is 468 g/mol. The number of rotatable bonds is 8. The van der Waals surface area contributed by atoms with Crippen LogP contribution in [-0.2, 0) is 35.1 Å². The Kier molecular flexibility index (Phi) is 8.97. The second-order valence-electron chi connectivity index (χ2n) is 7.52. The van der Waals surface area contributed by atoms with Gasteiger partial charge in [0.2, 0.25) is 6.29 Å². The van der Waals surface area contributed by atoms with Gasteiger partial charge in [-0.3, -0.25) is 14.9 Å². The average Bonchev–Trinajstić information content (AvgIpc) is 2.77. The molecule has 33 heavy (non-hydrogen) atoms. The smallest absolute Gasteiger partial charge is 0.407 e. The number of nitro benzene ring substituents is 1. The van der Waals surface area contributed by atoms with E-state index in [0.717, 1.165) is 0 Å². The summed E-state index contributed by atoms with van der Waals surface area (Å²) in [5.74, 6) is -2.18. The molecule has 1 aromatic carbocycles. The third-order valence-electron chi connectivity index (χ3n) is 5.26. The predicted molar refractivity (Wildman–Crippen MR) is 112 cm³/mol. The number of hydrogen-bond acceptors (Lipinski definition) is 10. The second kappa shape index (κ2) is 11.5. The van der Waals surface area contributed by atoms with E-state index in [4.69, 9.17) is 23.7 Å². The topological polar surface area (TPSA) is 153 Å². The summed E-state index contributed by atoms with van der Waals surface area (Å²) in [6.45, 7) is 6.62. The Labute approximate surface area is 190 Å². The molecule has 1 fully saturated rings. The van der Waals surface area contributed by atoms with Crippen molar-refractivity contribution in [3.05, 3.63) is 33.9 Å². The number of hydrogen-bond donors (Lipinski definition) is 1. The Hall–Kier alpha value is -3.41. The number of nitrogens with one attached hydrogen (secondary N) is 1. The fourth-order valence-electron chi connectivity index (χ4n) is 3.37. The maximum atomic E-state index is 12.2. The summed E-state index contributed by atoms with van der Waals surface area (Å²) >= 11 is 0. The molecule has 182 valence electrons. The van der Waals surface area contributed by atoms with Crippen LogP contribution < -0.4 is 10.1 Å². The molecule has 0 spiro atoms. The number of amides is 1. The number of carbonyl (C=O) groups excluding carboxylic acids is 3. The molecular weight excluding hydrogens is 440 g/mol. The van der Waals surface area contributed by atoms with Gasteiger partial charge in [0.1, 0.15) is 6.61 Å². The number of ether oxygens (including phenoxy) is 5. The summed E-state index contributed by atoms with van der Waals surface area (Å²) in [5, 5.41) is 14.1. The summed E-state index contributed by atoms with van der Waals surface area (Å²) in [4.78, 5) is 46.3. The molecular formula is C21H28N2O10. The number of alkyl carbamates (subject to hydrolysis) is 1. The minimum absolute atomic E-state index is 0.172. The predicted octanol–water partition coefficient (Wildman–Crippen LogP) is 2.32. The third-order valence-corrected chi connectivity index (χ3v) is 5.26. The zero-order valence-corrected chi connectivity index (χ0v) is 19.1. The zero-order chi connectivity index (χ0) is 24.7. The first-order valence-corrected chi connectivity index (χ1v) is 10.3. The molecule has 1 aliphatic heterocycles. The van der Waals surface area contributed by atoms with E-state index in [-0.39, 0.29) is 24.2 Å². The van der Waals surface area contributed by atoms with E-state index >= 15 is 0 Å². The fourth-order valence-corrected chi connectivity index (χ4v) is 3.37. The van der Waals surface area contributed by atoms with Crippen LogP contribution in [0.25, 0.3) is 0 Å². The van der Waals surface area contributed by atoms with E-state index in [1.54, 1.807) is 20.8 Å². The SMILES string of the molecule is CCNC(=O)OCc1ccc(O[C@@H]2O[C@H](C(=O)OC)[C@@H](C)[C@H](C)[C@H]2OC(C)=O)c([N+](=O)[O-])c1. The van der Waals surface area contributed by atoms with Gasteiger partial charge in [-0.1, -0.05) is 19.9 Å². The lowest BCUT2D eigenvalue weighted by molar-refractivity contribution is -0.387. The first-order valence-electron chi connectivity index (χ1n) is 10.3. The molecule has 0 saturated carbocycles. The summed E-state index contributed by atoms with van der Waals surface area (Å²) in [6.07, 6.45) is -3.91. The van der Waals surface area contributed by atoms with E-state index < -0.39 is 47.1 Å². The van der Waals surface area contributed by atoms with Gasteiger partial charge >= 0.3 is 23.7 Å². The highest BCUT2D eigenvalue weighted by Gasteiger charge is 2.48. The number of esters is 2. The second-order valence-corrected chi connectivity index (χ2v) is 7.52. The maximum Gasteiger partial charge on any atom is 0.407 e. The van der Waals surface area contributed by atoms with Crippen molar-refractivity contribution in [2.24, 2.45) is 11.8 Å². The van der Waals surface area contributed by atoms with Crippen LogP contribution in [-0.4, -0.2) is 55.1 Å². The van der Waals surface area contributed by atoms with Crippen LogP contribution in [0.15, 0.2) is 18.2 Å². The Morgan fingerprint density at radius 2 is 1.91 bits per heavy atom. The van der Waals surface area contributed by atoms with Gasteiger partial charge in [-0.05, 0) is 24.5 Å². The number of nitro groups is 1. The van der Waals surface area contributed by atoms with Gasteiger partial charge in [-0.25, -0.2) is 9.59 Å². The van der Waals surface area contributed by atoms with Crippen LogP contribution in [0.5, 0.6) is 5.75 Å². The standard InChI is InChI=1S/C21H28N2O10/c1-6-22-21(26)30-10-14-7-8-16(15(9-14)23(27)28)32-20-18(31-13(4)24)12(3)11(2)17(33-20)19(25)29-5/h7-9,11-12,17-18,20H,6,10H2,1-5H3,(H,22,26)/t11-,12-,17-,18+,20+/m0/s1. The maximum absolute atomic E-state index is 12.2. The van der Waals surface area contributed by atoms with Crippen LogP contribution in [0, 0.1) is 22.0 Å². The van der Waals surface area contributed by atoms with Gasteiger partial charge in [0.05, 0.1) is 12.0 Å². The molecule has 12 heteroatoms. The van der Waals surface area contributed by atoms with E-state index in [2.05, 4.69) is 5.32 Å². The van der Waals surface area contributed by atoms with E-state index in [0.29, 0.717) is 12.1 Å². The molecule has 1 N–H and O–H groups in total. The highest BCUT2D eigenvalue weighted by atomic mass is 16.7. The van der Waals surface area contributed by atoms with Gasteiger partial charge in [-0.15, -0.1) is 0 Å². The minimum atomic E-state index is -1.31. The first-order chi connectivity index (χ1) is 15.6. The Morgan fingerprint density at radius 1 is 1.21 bits per heavy atom. The van der Waals surface area contributed by atoms with E-state index in [1.807, 2.05) is 0 Å². The molecule has 1 amide bonds. The van der Waals surface area contributed by atoms with Gasteiger partial charge in [0.15, 0.2) is 18.0 Å². The third kappa shape index (κ3) is 6.54. The van der Waals surface area contributed by atoms with Crippen molar-refractivity contribution in [2.75, 3.05) is 13.7 Å². The summed E-state index contributed by atoms with van der Waals surface area (Å²) in [5.41, 5.74) is -0.0612. The lowest BCUT2D eigenvalue weighted by Crippen LogP contribution is -2.55. The van der Waals surface area contributed by atoms with Gasteiger partial charge in [-0.2, -0.15) is 0 Å². The zero-order valence-electron chi connectivity index (χ0n) is 19.1. The molecule has 2 rings (SSSR count). The summed E-state index contributed by atoms with van der Waals surface area (Å²) < 4.78 is 26.6. The normalized spacial score (nSPS) is 24.3. The highest BCUT2D eigenvalue weighted by Crippen LogP contribution is 2.37. The van der Waals surface area contributed by atoms with Crippen LogP contribution in [0.4, 0.5) is 10.5 Å². The molecule has 0 unspecified atom stereocenters. The quantitative estimate of drug-likeness (QED) is 0.260. The van der Waals surface area contributed by atoms with Crippen molar-refractivity contribution in [3.8, 4) is 5.75 Å². The van der Waals surface area contributed by atoms with Crippen molar-refractivity contribution in [3.63, 3.8) is 0 Å². The molecule has 1 heterocycles. The molecule has 1 aromatic rings. The number of methoxy groups -OCH3 is 1. The molecule has 1 saturated heterocycles. The molecule has 12 nitrogen and oxygen atoms in total. The monoisotopic (exact) mass is 468 g/mol. The van der Waals surface area contributed by atoms with Gasteiger partial charge in [0.25, 0.3) is 0 Å². The van der Waals surface area contributed by atoms with Crippen molar-refractivity contribution >= 4 is 23.7 Å². The lowest BCUT2D eigenvalue weighted by Gasteiger charge is -2.42. The van der Waals surface area contributed by atoms with Crippen molar-refractivity contribution in [1.82, 2.24) is 5.32 Å². The highest BCUT2D eigenvalue weighted by molar-refractivity contribution is 5.75.